The molecule has 4 heterocycles. The summed E-state index contributed by atoms with van der Waals surface area (Å²) in [7, 11) is 0. The number of carbonyl (C=O) groups is 1. The first-order valence-corrected chi connectivity index (χ1v) is 11.4. The van der Waals surface area contributed by atoms with E-state index in [2.05, 4.69) is 45.1 Å². The fourth-order valence-corrected chi connectivity index (χ4v) is 4.72. The number of β-amino-alcohol motifs (C(OH)–C–C–N with tert-alkyl or cyclic N) is 1. The number of carbonyl (C=O) groups excluding carboxylic acids is 1. The van der Waals surface area contributed by atoms with E-state index in [1.54, 1.807) is 29.2 Å². The number of anilines is 2. The monoisotopic (exact) mass is 450 g/mol. The SMILES string of the molecule is C[C@H](O)CN1CCN(c2cc3c(cc2NC(=O)c2cnn4cccnc24)CC(C)(C)O3)CC1. The molecule has 0 spiro atoms. The standard InChI is InChI=1S/C24H30N6O3/c1-16(31)15-28-7-9-29(10-8-28)20-12-21-17(13-24(2,3)33-21)11-19(20)27-23(32)18-14-26-30-6-4-5-25-22(18)30/h4-6,11-12,14,16,31H,7-10,13,15H2,1-3H3,(H,27,32)/t16-/m0/s1. The van der Waals surface area contributed by atoms with Crippen LogP contribution in [-0.4, -0.2) is 74.9 Å². The van der Waals surface area contributed by atoms with Crippen molar-refractivity contribution in [2.75, 3.05) is 42.9 Å². The fourth-order valence-electron chi connectivity index (χ4n) is 4.72. The number of fused-ring (bicyclic) bond motifs is 2. The first-order valence-electron chi connectivity index (χ1n) is 11.4. The zero-order chi connectivity index (χ0) is 23.2. The van der Waals surface area contributed by atoms with E-state index >= 15 is 0 Å². The third-order valence-corrected chi connectivity index (χ3v) is 6.19. The highest BCUT2D eigenvalue weighted by molar-refractivity contribution is 6.09. The third-order valence-electron chi connectivity index (χ3n) is 6.19. The van der Waals surface area contributed by atoms with Gasteiger partial charge in [-0.05, 0) is 32.9 Å². The lowest BCUT2D eigenvalue weighted by Gasteiger charge is -2.37. The highest BCUT2D eigenvalue weighted by Crippen LogP contribution is 2.42. The Bertz CT molecular complexity index is 1180. The molecule has 9 heteroatoms. The summed E-state index contributed by atoms with van der Waals surface area (Å²) in [4.78, 5) is 22.1. The molecule has 2 aliphatic rings. The summed E-state index contributed by atoms with van der Waals surface area (Å²) in [6, 6.07) is 5.87. The highest BCUT2D eigenvalue weighted by Gasteiger charge is 2.32. The molecule has 2 N–H and O–H groups in total. The number of ether oxygens (including phenoxy) is 1. The van der Waals surface area contributed by atoms with Crippen molar-refractivity contribution >= 4 is 22.9 Å². The summed E-state index contributed by atoms with van der Waals surface area (Å²) in [6.07, 6.45) is 5.41. The minimum atomic E-state index is -0.346. The van der Waals surface area contributed by atoms with E-state index in [0.717, 1.165) is 55.3 Å². The molecular formula is C24H30N6O3. The van der Waals surface area contributed by atoms with Crippen molar-refractivity contribution in [2.45, 2.75) is 38.9 Å². The van der Waals surface area contributed by atoms with Crippen LogP contribution >= 0.6 is 0 Å². The molecule has 1 atom stereocenters. The quantitative estimate of drug-likeness (QED) is 0.615. The van der Waals surface area contributed by atoms with Crippen molar-refractivity contribution in [3.8, 4) is 5.75 Å². The third kappa shape index (κ3) is 4.38. The Morgan fingerprint density at radius 3 is 2.82 bits per heavy atom. The van der Waals surface area contributed by atoms with Gasteiger partial charge < -0.3 is 20.1 Å². The summed E-state index contributed by atoms with van der Waals surface area (Å²) in [5, 5.41) is 17.1. The lowest BCUT2D eigenvalue weighted by molar-refractivity contribution is 0.102. The van der Waals surface area contributed by atoms with Crippen LogP contribution in [0, 0.1) is 0 Å². The second kappa shape index (κ2) is 8.31. The molecule has 5 rings (SSSR count). The highest BCUT2D eigenvalue weighted by atomic mass is 16.5. The summed E-state index contributed by atoms with van der Waals surface area (Å²) < 4.78 is 7.78. The van der Waals surface area contributed by atoms with Crippen LogP contribution in [0.3, 0.4) is 0 Å². The molecule has 174 valence electrons. The number of amides is 1. The number of rotatable bonds is 5. The molecular weight excluding hydrogens is 420 g/mol. The van der Waals surface area contributed by atoms with Crippen LogP contribution in [0.4, 0.5) is 11.4 Å². The maximum atomic E-state index is 13.2. The van der Waals surface area contributed by atoms with Crippen molar-refractivity contribution in [2.24, 2.45) is 0 Å². The number of benzene rings is 1. The maximum Gasteiger partial charge on any atom is 0.261 e. The zero-order valence-electron chi connectivity index (χ0n) is 19.3. The van der Waals surface area contributed by atoms with Crippen molar-refractivity contribution < 1.29 is 14.6 Å². The average Bonchev–Trinajstić information content (AvgIpc) is 3.32. The van der Waals surface area contributed by atoms with Gasteiger partial charge in [0.2, 0.25) is 0 Å². The van der Waals surface area contributed by atoms with E-state index < -0.39 is 0 Å². The summed E-state index contributed by atoms with van der Waals surface area (Å²) >= 11 is 0. The number of aliphatic hydroxyl groups excluding tert-OH is 1. The number of hydrogen-bond donors (Lipinski definition) is 2. The minimum absolute atomic E-state index is 0.240. The molecule has 2 aliphatic heterocycles. The topological polar surface area (TPSA) is 95.2 Å². The van der Waals surface area contributed by atoms with E-state index in [9.17, 15) is 9.90 Å². The molecule has 0 saturated carbocycles. The van der Waals surface area contributed by atoms with Gasteiger partial charge in [-0.2, -0.15) is 5.10 Å². The molecule has 0 unspecified atom stereocenters. The predicted octanol–water partition coefficient (Wildman–Crippen LogP) is 2.20. The Kier molecular flexibility index (Phi) is 5.46. The van der Waals surface area contributed by atoms with Crippen LogP contribution in [0.25, 0.3) is 5.65 Å². The average molecular weight is 451 g/mol. The van der Waals surface area contributed by atoms with Gasteiger partial charge in [0.15, 0.2) is 5.65 Å². The number of nitrogens with zero attached hydrogens (tertiary/aromatic N) is 5. The molecule has 33 heavy (non-hydrogen) atoms. The largest absolute Gasteiger partial charge is 0.487 e. The van der Waals surface area contributed by atoms with Gasteiger partial charge in [0.25, 0.3) is 5.91 Å². The normalized spacial score (nSPS) is 18.7. The number of hydrogen-bond acceptors (Lipinski definition) is 7. The first kappa shape index (κ1) is 21.7. The molecule has 9 nitrogen and oxygen atoms in total. The number of nitrogens with one attached hydrogen (secondary N) is 1. The Balaban J connectivity index is 1.44. The van der Waals surface area contributed by atoms with Crippen LogP contribution in [0.1, 0.15) is 36.7 Å². The van der Waals surface area contributed by atoms with Gasteiger partial charge in [0.05, 0.1) is 23.7 Å². The Morgan fingerprint density at radius 1 is 1.27 bits per heavy atom. The first-order chi connectivity index (χ1) is 15.8. The van der Waals surface area contributed by atoms with Gasteiger partial charge in [-0.3, -0.25) is 9.69 Å². The van der Waals surface area contributed by atoms with E-state index in [1.165, 1.54) is 0 Å². The molecule has 3 aromatic rings. The molecule has 0 aliphatic carbocycles. The van der Waals surface area contributed by atoms with E-state index in [1.807, 2.05) is 13.0 Å². The van der Waals surface area contributed by atoms with Crippen LogP contribution in [0.5, 0.6) is 5.75 Å². The summed E-state index contributed by atoms with van der Waals surface area (Å²) in [5.74, 6) is 0.632. The molecule has 0 radical (unpaired) electrons. The van der Waals surface area contributed by atoms with Crippen molar-refractivity contribution in [1.29, 1.82) is 0 Å². The minimum Gasteiger partial charge on any atom is -0.487 e. The van der Waals surface area contributed by atoms with Crippen LogP contribution in [-0.2, 0) is 6.42 Å². The van der Waals surface area contributed by atoms with E-state index in [4.69, 9.17) is 4.74 Å². The van der Waals surface area contributed by atoms with E-state index in [-0.39, 0.29) is 17.6 Å². The molecule has 1 saturated heterocycles. The van der Waals surface area contributed by atoms with Gasteiger partial charge in [0, 0.05) is 63.2 Å². The van der Waals surface area contributed by atoms with Crippen LogP contribution in [0.2, 0.25) is 0 Å². The summed E-state index contributed by atoms with van der Waals surface area (Å²) in [5.41, 5.74) is 3.48. The lowest BCUT2D eigenvalue weighted by atomic mass is 10.0. The van der Waals surface area contributed by atoms with Crippen molar-refractivity contribution in [3.63, 3.8) is 0 Å². The number of piperazine rings is 1. The van der Waals surface area contributed by atoms with E-state index in [0.29, 0.717) is 17.8 Å². The Hall–Kier alpha value is -3.17. The Labute approximate surface area is 193 Å². The van der Waals surface area contributed by atoms with Crippen LogP contribution in [0.15, 0.2) is 36.8 Å². The Morgan fingerprint density at radius 2 is 2.06 bits per heavy atom. The zero-order valence-corrected chi connectivity index (χ0v) is 19.3. The van der Waals surface area contributed by atoms with Gasteiger partial charge in [-0.15, -0.1) is 0 Å². The molecule has 2 aromatic heterocycles. The molecule has 0 bridgehead atoms. The predicted molar refractivity (Wildman–Crippen MR) is 126 cm³/mol. The smallest absolute Gasteiger partial charge is 0.261 e. The number of aliphatic hydroxyl groups is 1. The fraction of sp³-hybridized carbons (Fsp3) is 0.458. The van der Waals surface area contributed by atoms with Gasteiger partial charge in [-0.1, -0.05) is 0 Å². The summed E-state index contributed by atoms with van der Waals surface area (Å²) in [6.45, 7) is 9.93. The molecule has 1 fully saturated rings. The molecule has 1 amide bonds. The van der Waals surface area contributed by atoms with Crippen molar-refractivity contribution in [1.82, 2.24) is 19.5 Å². The number of aromatic nitrogens is 3. The second-order valence-electron chi connectivity index (χ2n) is 9.55. The maximum absolute atomic E-state index is 13.2. The van der Waals surface area contributed by atoms with Gasteiger partial charge in [0.1, 0.15) is 16.9 Å². The van der Waals surface area contributed by atoms with Crippen molar-refractivity contribution in [3.05, 3.63) is 47.9 Å². The van der Waals surface area contributed by atoms with Crippen LogP contribution < -0.4 is 15.0 Å². The van der Waals surface area contributed by atoms with Gasteiger partial charge in [-0.25, -0.2) is 9.50 Å². The lowest BCUT2D eigenvalue weighted by Crippen LogP contribution is -2.48. The second-order valence-corrected chi connectivity index (χ2v) is 9.55. The van der Waals surface area contributed by atoms with Gasteiger partial charge >= 0.3 is 0 Å². The molecule has 1 aromatic carbocycles.